The van der Waals surface area contributed by atoms with Crippen molar-refractivity contribution in [3.05, 3.63) is 35.4 Å². The van der Waals surface area contributed by atoms with Gasteiger partial charge in [0.25, 0.3) is 0 Å². The van der Waals surface area contributed by atoms with Crippen molar-refractivity contribution in [2.24, 2.45) is 4.99 Å². The molecule has 1 amide bonds. The van der Waals surface area contributed by atoms with E-state index >= 15 is 0 Å². The summed E-state index contributed by atoms with van der Waals surface area (Å²) in [5.74, 6) is 0.835. The molecule has 0 saturated heterocycles. The van der Waals surface area contributed by atoms with Gasteiger partial charge in [0, 0.05) is 33.7 Å². The monoisotopic (exact) mass is 330 g/mol. The van der Waals surface area contributed by atoms with Crippen molar-refractivity contribution in [1.82, 2.24) is 15.1 Å². The molecule has 0 unspecified atom stereocenters. The molecule has 1 aromatic carbocycles. The fraction of sp³-hybridized carbons (Fsp3) is 0.579. The second-order valence-electron chi connectivity index (χ2n) is 6.90. The highest BCUT2D eigenvalue weighted by Gasteiger charge is 2.18. The third-order valence-corrected chi connectivity index (χ3v) is 4.45. The minimum Gasteiger partial charge on any atom is -0.353 e. The first-order chi connectivity index (χ1) is 11.5. The minimum atomic E-state index is 0.0180. The van der Waals surface area contributed by atoms with E-state index in [1.165, 1.54) is 36.8 Å². The summed E-state index contributed by atoms with van der Waals surface area (Å²) in [5, 5.41) is 3.55. The lowest BCUT2D eigenvalue weighted by Gasteiger charge is -2.25. The van der Waals surface area contributed by atoms with Gasteiger partial charge in [0.05, 0.1) is 0 Å². The largest absolute Gasteiger partial charge is 0.353 e. The van der Waals surface area contributed by atoms with Gasteiger partial charge < -0.3 is 15.1 Å². The van der Waals surface area contributed by atoms with E-state index in [4.69, 9.17) is 0 Å². The average Bonchev–Trinajstić information content (AvgIpc) is 3.06. The molecule has 1 saturated carbocycles. The van der Waals surface area contributed by atoms with Gasteiger partial charge in [-0.15, -0.1) is 0 Å². The summed E-state index contributed by atoms with van der Waals surface area (Å²) in [7, 11) is 5.55. The molecule has 24 heavy (non-hydrogen) atoms. The van der Waals surface area contributed by atoms with Gasteiger partial charge in [-0.2, -0.15) is 0 Å². The van der Waals surface area contributed by atoms with Crippen LogP contribution in [0.5, 0.6) is 0 Å². The van der Waals surface area contributed by atoms with Crippen molar-refractivity contribution >= 4 is 11.9 Å². The molecule has 1 aliphatic rings. The van der Waals surface area contributed by atoms with Gasteiger partial charge in [-0.05, 0) is 25.3 Å². The number of aryl methyl sites for hydroxylation is 1. The van der Waals surface area contributed by atoms with Crippen LogP contribution in [0, 0.1) is 6.92 Å². The number of likely N-dealkylation sites (N-methyl/N-ethyl adjacent to an activating group) is 1. The number of aliphatic imine (C=N–C) groups is 1. The van der Waals surface area contributed by atoms with Crippen LogP contribution in [0.15, 0.2) is 29.3 Å². The number of carbonyl (C=O) groups is 1. The number of amides is 1. The molecule has 1 aromatic rings. The third-order valence-electron chi connectivity index (χ3n) is 4.45. The van der Waals surface area contributed by atoms with Crippen molar-refractivity contribution in [1.29, 1.82) is 0 Å². The Bertz CT molecular complexity index is 559. The number of nitrogens with one attached hydrogen (secondary N) is 1. The minimum absolute atomic E-state index is 0.0180. The van der Waals surface area contributed by atoms with Crippen LogP contribution in [-0.2, 0) is 11.3 Å². The Labute approximate surface area is 145 Å². The molecule has 5 heteroatoms. The number of guanidine groups is 1. The number of hydrogen-bond acceptors (Lipinski definition) is 2. The lowest BCUT2D eigenvalue weighted by molar-refractivity contribution is -0.127. The summed E-state index contributed by atoms with van der Waals surface area (Å²) in [6, 6.07) is 9.01. The Hall–Kier alpha value is -2.04. The highest BCUT2D eigenvalue weighted by molar-refractivity contribution is 5.84. The molecule has 0 aliphatic heterocycles. The maximum Gasteiger partial charge on any atom is 0.243 e. The van der Waals surface area contributed by atoms with E-state index in [0.717, 1.165) is 12.5 Å². The topological polar surface area (TPSA) is 47.9 Å². The standard InChI is InChI=1S/C19H30N4O/c1-15-9-11-16(12-10-15)14-23(4)19(20-13-18(24)22(2)3)21-17-7-5-6-8-17/h9-12,17H,5-8,13-14H2,1-4H3,(H,20,21). The van der Waals surface area contributed by atoms with Crippen LogP contribution < -0.4 is 5.32 Å². The van der Waals surface area contributed by atoms with Crippen molar-refractivity contribution in [3.8, 4) is 0 Å². The number of benzene rings is 1. The quantitative estimate of drug-likeness (QED) is 0.666. The Morgan fingerprint density at radius 1 is 1.17 bits per heavy atom. The Morgan fingerprint density at radius 2 is 1.79 bits per heavy atom. The van der Waals surface area contributed by atoms with Crippen molar-refractivity contribution < 1.29 is 4.79 Å². The zero-order chi connectivity index (χ0) is 17.5. The van der Waals surface area contributed by atoms with Crippen LogP contribution in [-0.4, -0.2) is 55.4 Å². The molecule has 0 spiro atoms. The second kappa shape index (κ2) is 8.71. The van der Waals surface area contributed by atoms with Gasteiger partial charge >= 0.3 is 0 Å². The Balaban J connectivity index is 2.05. The van der Waals surface area contributed by atoms with Crippen molar-refractivity contribution in [3.63, 3.8) is 0 Å². The lowest BCUT2D eigenvalue weighted by Crippen LogP contribution is -2.43. The first-order valence-electron chi connectivity index (χ1n) is 8.73. The van der Waals surface area contributed by atoms with E-state index < -0.39 is 0 Å². The molecule has 1 fully saturated rings. The van der Waals surface area contributed by atoms with Crippen LogP contribution in [0.2, 0.25) is 0 Å². The Kier molecular flexibility index (Phi) is 6.64. The predicted molar refractivity (Wildman–Crippen MR) is 99.0 cm³/mol. The van der Waals surface area contributed by atoms with Gasteiger partial charge in [0.1, 0.15) is 6.54 Å². The van der Waals surface area contributed by atoms with Gasteiger partial charge in [-0.3, -0.25) is 4.79 Å². The molecule has 1 aliphatic carbocycles. The average molecular weight is 330 g/mol. The molecule has 0 bridgehead atoms. The molecule has 5 nitrogen and oxygen atoms in total. The summed E-state index contributed by atoms with van der Waals surface area (Å²) in [6.45, 7) is 3.05. The van der Waals surface area contributed by atoms with Crippen LogP contribution in [0.3, 0.4) is 0 Å². The summed E-state index contributed by atoms with van der Waals surface area (Å²) < 4.78 is 0. The zero-order valence-electron chi connectivity index (χ0n) is 15.4. The van der Waals surface area contributed by atoms with Gasteiger partial charge in [0.15, 0.2) is 5.96 Å². The summed E-state index contributed by atoms with van der Waals surface area (Å²) in [4.78, 5) is 20.1. The molecule has 1 N–H and O–H groups in total. The normalized spacial score (nSPS) is 15.4. The molecule has 0 heterocycles. The Morgan fingerprint density at radius 3 is 2.38 bits per heavy atom. The van der Waals surface area contributed by atoms with E-state index in [2.05, 4.69) is 46.4 Å². The van der Waals surface area contributed by atoms with E-state index in [0.29, 0.717) is 6.04 Å². The third kappa shape index (κ3) is 5.55. The first-order valence-corrected chi connectivity index (χ1v) is 8.73. The first kappa shape index (κ1) is 18.3. The van der Waals surface area contributed by atoms with E-state index in [-0.39, 0.29) is 12.5 Å². The van der Waals surface area contributed by atoms with Crippen LogP contribution in [0.1, 0.15) is 36.8 Å². The highest BCUT2D eigenvalue weighted by Crippen LogP contribution is 2.18. The van der Waals surface area contributed by atoms with E-state index in [1.807, 2.05) is 7.05 Å². The number of nitrogens with zero attached hydrogens (tertiary/aromatic N) is 3. The molecule has 0 aromatic heterocycles. The fourth-order valence-electron chi connectivity index (χ4n) is 2.86. The molecular formula is C19H30N4O. The molecule has 2 rings (SSSR count). The fourth-order valence-corrected chi connectivity index (χ4v) is 2.86. The van der Waals surface area contributed by atoms with Gasteiger partial charge in [-0.25, -0.2) is 4.99 Å². The van der Waals surface area contributed by atoms with Gasteiger partial charge in [0.2, 0.25) is 5.91 Å². The number of hydrogen-bond donors (Lipinski definition) is 1. The molecular weight excluding hydrogens is 300 g/mol. The zero-order valence-corrected chi connectivity index (χ0v) is 15.4. The summed E-state index contributed by atoms with van der Waals surface area (Å²) in [6.07, 6.45) is 4.89. The number of rotatable bonds is 5. The summed E-state index contributed by atoms with van der Waals surface area (Å²) >= 11 is 0. The lowest BCUT2D eigenvalue weighted by atomic mass is 10.1. The van der Waals surface area contributed by atoms with Gasteiger partial charge in [-0.1, -0.05) is 42.7 Å². The van der Waals surface area contributed by atoms with E-state index in [9.17, 15) is 4.79 Å². The van der Waals surface area contributed by atoms with Crippen LogP contribution >= 0.6 is 0 Å². The molecule has 0 radical (unpaired) electrons. The maximum absolute atomic E-state index is 11.9. The summed E-state index contributed by atoms with van der Waals surface area (Å²) in [5.41, 5.74) is 2.50. The smallest absolute Gasteiger partial charge is 0.243 e. The number of carbonyl (C=O) groups excluding carboxylic acids is 1. The highest BCUT2D eigenvalue weighted by atomic mass is 16.2. The van der Waals surface area contributed by atoms with Crippen molar-refractivity contribution in [2.45, 2.75) is 45.2 Å². The van der Waals surface area contributed by atoms with Crippen LogP contribution in [0.4, 0.5) is 0 Å². The van der Waals surface area contributed by atoms with Crippen molar-refractivity contribution in [2.75, 3.05) is 27.7 Å². The maximum atomic E-state index is 11.9. The predicted octanol–water partition coefficient (Wildman–Crippen LogP) is 2.40. The SMILES string of the molecule is Cc1ccc(CN(C)C(=NCC(=O)N(C)C)NC2CCCC2)cc1. The second-order valence-corrected chi connectivity index (χ2v) is 6.90. The van der Waals surface area contributed by atoms with Crippen LogP contribution in [0.25, 0.3) is 0 Å². The van der Waals surface area contributed by atoms with E-state index in [1.54, 1.807) is 19.0 Å². The molecule has 0 atom stereocenters. The molecule has 132 valence electrons.